The molecule has 0 saturated carbocycles. The first-order valence-electron chi connectivity index (χ1n) is 13.2. The highest BCUT2D eigenvalue weighted by Gasteiger charge is 2.17. The zero-order chi connectivity index (χ0) is 25.6. The number of hydrogen-bond donors (Lipinski definition) is 0. The zero-order valence-electron chi connectivity index (χ0n) is 21.4. The average Bonchev–Trinajstić information content (AvgIpc) is 2.91. The molecule has 0 aliphatic heterocycles. The Morgan fingerprint density at radius 2 is 1.22 bits per heavy atom. The molecule has 7 heteroatoms. The zero-order valence-corrected chi connectivity index (χ0v) is 21.4. The molecule has 1 aromatic carbocycles. The fraction of sp³-hybridized carbons (Fsp3) is 0.483. The van der Waals surface area contributed by atoms with E-state index in [0.29, 0.717) is 19.1 Å². The highest BCUT2D eigenvalue weighted by atomic mass is 19.2. The predicted molar refractivity (Wildman–Crippen MR) is 139 cm³/mol. The van der Waals surface area contributed by atoms with Gasteiger partial charge in [0.25, 0.3) is 0 Å². The molecule has 0 radical (unpaired) electrons. The van der Waals surface area contributed by atoms with Gasteiger partial charge in [0.2, 0.25) is 11.7 Å². The fourth-order valence-corrected chi connectivity index (χ4v) is 3.84. The minimum Gasteiger partial charge on any atom is -0.490 e. The molecule has 3 aromatic rings. The summed E-state index contributed by atoms with van der Waals surface area (Å²) in [5.74, 6) is -1.43. The minimum atomic E-state index is -1.02. The van der Waals surface area contributed by atoms with E-state index < -0.39 is 11.6 Å². The molecule has 0 saturated heterocycles. The Hall–Kier alpha value is -3.09. The van der Waals surface area contributed by atoms with E-state index in [0.717, 1.165) is 43.2 Å². The summed E-state index contributed by atoms with van der Waals surface area (Å²) >= 11 is 0. The van der Waals surface area contributed by atoms with Gasteiger partial charge in [-0.2, -0.15) is 4.39 Å². The van der Waals surface area contributed by atoms with E-state index >= 15 is 0 Å². The molecular formula is C29H37F2N3O2. The van der Waals surface area contributed by atoms with Crippen molar-refractivity contribution < 1.29 is 18.3 Å². The van der Waals surface area contributed by atoms with Crippen LogP contribution in [0.2, 0.25) is 0 Å². The van der Waals surface area contributed by atoms with Gasteiger partial charge in [-0.25, -0.2) is 19.3 Å². The van der Waals surface area contributed by atoms with Crippen molar-refractivity contribution in [2.75, 3.05) is 13.2 Å². The fourth-order valence-electron chi connectivity index (χ4n) is 3.84. The average molecular weight is 498 g/mol. The summed E-state index contributed by atoms with van der Waals surface area (Å²) in [7, 11) is 0. The van der Waals surface area contributed by atoms with Gasteiger partial charge in [-0.1, -0.05) is 65.2 Å². The molecule has 0 fully saturated rings. The Kier molecular flexibility index (Phi) is 11.5. The molecule has 36 heavy (non-hydrogen) atoms. The van der Waals surface area contributed by atoms with Gasteiger partial charge in [0.1, 0.15) is 0 Å². The number of benzene rings is 1. The Morgan fingerprint density at radius 3 is 1.89 bits per heavy atom. The van der Waals surface area contributed by atoms with Gasteiger partial charge in [0, 0.05) is 35.8 Å². The normalized spacial score (nSPS) is 11.0. The van der Waals surface area contributed by atoms with Crippen LogP contribution < -0.4 is 9.47 Å². The van der Waals surface area contributed by atoms with Crippen LogP contribution in [0, 0.1) is 11.6 Å². The lowest BCUT2D eigenvalue weighted by Gasteiger charge is -2.10. The van der Waals surface area contributed by atoms with Gasteiger partial charge >= 0.3 is 0 Å². The SMILES string of the molecule is CCCCCCCCOc1ccc(-c2cnc(-c3ccc(OCCCCCC)c(F)c3F)nc2)cn1. The molecule has 0 N–H and O–H groups in total. The highest BCUT2D eigenvalue weighted by molar-refractivity contribution is 5.64. The standard InChI is InChI=1S/C29H37F2N3O2/c1-3-5-7-9-10-12-18-36-26-16-13-22(19-32-26)23-20-33-29(34-21-23)24-14-15-25(28(31)27(24)30)35-17-11-8-6-4-2/h13-16,19-21H,3-12,17-18H2,1-2H3. The number of unbranched alkanes of at least 4 members (excludes halogenated alkanes) is 8. The quantitative estimate of drug-likeness (QED) is 0.187. The van der Waals surface area contributed by atoms with E-state index in [-0.39, 0.29) is 17.1 Å². The number of rotatable bonds is 16. The Labute approximate surface area is 213 Å². The summed E-state index contributed by atoms with van der Waals surface area (Å²) in [5.41, 5.74) is 1.53. The van der Waals surface area contributed by atoms with Gasteiger partial charge in [-0.3, -0.25) is 0 Å². The highest BCUT2D eigenvalue weighted by Crippen LogP contribution is 2.29. The predicted octanol–water partition coefficient (Wildman–Crippen LogP) is 8.18. The molecule has 2 heterocycles. The minimum absolute atomic E-state index is 0.00560. The van der Waals surface area contributed by atoms with Gasteiger partial charge in [0.05, 0.1) is 18.8 Å². The number of aromatic nitrogens is 3. The second-order valence-corrected chi connectivity index (χ2v) is 8.95. The molecule has 0 bridgehead atoms. The maximum absolute atomic E-state index is 14.7. The Balaban J connectivity index is 1.54. The molecule has 0 amide bonds. The monoisotopic (exact) mass is 497 g/mol. The molecule has 0 aliphatic rings. The molecule has 5 nitrogen and oxygen atoms in total. The molecule has 194 valence electrons. The third-order valence-electron chi connectivity index (χ3n) is 6.01. The van der Waals surface area contributed by atoms with Crippen LogP contribution in [0.4, 0.5) is 8.78 Å². The summed E-state index contributed by atoms with van der Waals surface area (Å²) in [5, 5.41) is 0. The largest absolute Gasteiger partial charge is 0.490 e. The molecular weight excluding hydrogens is 460 g/mol. The smallest absolute Gasteiger partial charge is 0.213 e. The van der Waals surface area contributed by atoms with Gasteiger partial charge in [0.15, 0.2) is 17.4 Å². The number of ether oxygens (including phenoxy) is 2. The van der Waals surface area contributed by atoms with E-state index in [2.05, 4.69) is 28.8 Å². The number of nitrogens with zero attached hydrogens (tertiary/aromatic N) is 3. The summed E-state index contributed by atoms with van der Waals surface area (Å²) in [6, 6.07) is 6.58. The second-order valence-electron chi connectivity index (χ2n) is 8.95. The van der Waals surface area contributed by atoms with E-state index in [9.17, 15) is 8.78 Å². The second kappa shape index (κ2) is 15.1. The van der Waals surface area contributed by atoms with E-state index in [1.807, 2.05) is 12.1 Å². The summed E-state index contributed by atoms with van der Waals surface area (Å²) < 4.78 is 40.3. The van der Waals surface area contributed by atoms with E-state index in [1.54, 1.807) is 18.6 Å². The van der Waals surface area contributed by atoms with Crippen molar-refractivity contribution >= 4 is 0 Å². The van der Waals surface area contributed by atoms with Crippen molar-refractivity contribution in [3.05, 3.63) is 54.5 Å². The lowest BCUT2D eigenvalue weighted by Crippen LogP contribution is -2.02. The van der Waals surface area contributed by atoms with Crippen LogP contribution >= 0.6 is 0 Å². The number of halogens is 2. The van der Waals surface area contributed by atoms with Crippen LogP contribution in [-0.4, -0.2) is 28.2 Å². The summed E-state index contributed by atoms with van der Waals surface area (Å²) in [6.07, 6.45) is 16.1. The molecule has 0 spiro atoms. The Morgan fingerprint density at radius 1 is 0.611 bits per heavy atom. The van der Waals surface area contributed by atoms with Crippen molar-refractivity contribution in [1.82, 2.24) is 15.0 Å². The molecule has 3 rings (SSSR count). The molecule has 0 unspecified atom stereocenters. The Bertz CT molecular complexity index is 1040. The van der Waals surface area contributed by atoms with Crippen LogP contribution in [0.15, 0.2) is 42.9 Å². The number of pyridine rings is 1. The third-order valence-corrected chi connectivity index (χ3v) is 6.01. The van der Waals surface area contributed by atoms with E-state index in [1.165, 1.54) is 44.2 Å². The van der Waals surface area contributed by atoms with Crippen molar-refractivity contribution in [1.29, 1.82) is 0 Å². The van der Waals surface area contributed by atoms with Crippen molar-refractivity contribution in [2.24, 2.45) is 0 Å². The molecule has 2 aromatic heterocycles. The number of hydrogen-bond acceptors (Lipinski definition) is 5. The first kappa shape index (κ1) is 27.5. The van der Waals surface area contributed by atoms with Gasteiger partial charge < -0.3 is 9.47 Å². The molecule has 0 aliphatic carbocycles. The van der Waals surface area contributed by atoms with Gasteiger partial charge in [-0.15, -0.1) is 0 Å². The van der Waals surface area contributed by atoms with Crippen molar-refractivity contribution in [3.8, 4) is 34.1 Å². The summed E-state index contributed by atoms with van der Waals surface area (Å²) in [4.78, 5) is 12.9. The maximum Gasteiger partial charge on any atom is 0.213 e. The van der Waals surface area contributed by atoms with Crippen molar-refractivity contribution in [2.45, 2.75) is 78.1 Å². The lowest BCUT2D eigenvalue weighted by atomic mass is 10.1. The molecule has 0 atom stereocenters. The van der Waals surface area contributed by atoms with Gasteiger partial charge in [-0.05, 0) is 31.0 Å². The van der Waals surface area contributed by atoms with Crippen molar-refractivity contribution in [3.63, 3.8) is 0 Å². The maximum atomic E-state index is 14.7. The van der Waals surface area contributed by atoms with Crippen LogP contribution in [0.1, 0.15) is 78.1 Å². The van der Waals surface area contributed by atoms with E-state index in [4.69, 9.17) is 9.47 Å². The first-order chi connectivity index (χ1) is 17.6. The topological polar surface area (TPSA) is 57.1 Å². The van der Waals surface area contributed by atoms with Crippen LogP contribution in [-0.2, 0) is 0 Å². The third kappa shape index (κ3) is 8.25. The first-order valence-corrected chi connectivity index (χ1v) is 13.2. The summed E-state index contributed by atoms with van der Waals surface area (Å²) in [6.45, 7) is 5.34. The lowest BCUT2D eigenvalue weighted by molar-refractivity contribution is 0.285. The van der Waals surface area contributed by atoms with Crippen LogP contribution in [0.5, 0.6) is 11.6 Å². The van der Waals surface area contributed by atoms with Crippen LogP contribution in [0.3, 0.4) is 0 Å². The van der Waals surface area contributed by atoms with Crippen LogP contribution in [0.25, 0.3) is 22.5 Å².